The van der Waals surface area contributed by atoms with E-state index in [-0.39, 0.29) is 40.8 Å². The third-order valence-corrected chi connectivity index (χ3v) is 13.3. The van der Waals surface area contributed by atoms with Crippen LogP contribution in [0.4, 0.5) is 0 Å². The molecular weight excluding hydrogens is 602 g/mol. The van der Waals surface area contributed by atoms with Gasteiger partial charge in [0.15, 0.2) is 6.29 Å². The van der Waals surface area contributed by atoms with Crippen molar-refractivity contribution in [3.63, 3.8) is 0 Å². The molecule has 4 aliphatic carbocycles. The average Bonchev–Trinajstić information content (AvgIpc) is 3.31. The van der Waals surface area contributed by atoms with Crippen LogP contribution in [-0.2, 0) is 23.8 Å². The standard InChI is InChI=1S/C37H61NO9/c1-20(19-45-23(4)41)8-7-9-21(2)28-17-29(46-35-32(38-22(3)40)34(44)33(43)30(18-39)47-35)31-26-11-10-24-16-25(42)12-14-36(24,5)27(26)13-15-37(28,31)6/h10,20-21,25-35,39,42-44H,7-9,11-19H2,1-6H3,(H,38,40)/t20-,21-,25+,26-,27?,28-,29+,30-,31?,32-,33-,34-,35-,36+,37-/m1/s1. The van der Waals surface area contributed by atoms with Crippen LogP contribution in [0.5, 0.6) is 0 Å². The second kappa shape index (κ2) is 14.7. The van der Waals surface area contributed by atoms with Gasteiger partial charge >= 0.3 is 5.97 Å². The monoisotopic (exact) mass is 663 g/mol. The maximum atomic E-state index is 12.2. The van der Waals surface area contributed by atoms with Gasteiger partial charge in [-0.05, 0) is 97.7 Å². The first-order valence-electron chi connectivity index (χ1n) is 18.3. The van der Waals surface area contributed by atoms with E-state index in [9.17, 15) is 30.0 Å². The smallest absolute Gasteiger partial charge is 0.302 e. The van der Waals surface area contributed by atoms with E-state index >= 15 is 0 Å². The summed E-state index contributed by atoms with van der Waals surface area (Å²) in [4.78, 5) is 23.5. The number of rotatable bonds is 11. The minimum absolute atomic E-state index is 0.0111. The number of carbonyl (C=O) groups excluding carboxylic acids is 2. The highest BCUT2D eigenvalue weighted by atomic mass is 16.7. The first-order chi connectivity index (χ1) is 22.2. The lowest BCUT2D eigenvalue weighted by Gasteiger charge is -2.59. The van der Waals surface area contributed by atoms with Gasteiger partial charge in [-0.25, -0.2) is 0 Å². The van der Waals surface area contributed by atoms with Gasteiger partial charge in [-0.15, -0.1) is 0 Å². The molecule has 10 heteroatoms. The van der Waals surface area contributed by atoms with Crippen LogP contribution in [0, 0.1) is 46.3 Å². The van der Waals surface area contributed by atoms with E-state index in [2.05, 4.69) is 39.1 Å². The van der Waals surface area contributed by atoms with Crippen molar-refractivity contribution in [2.75, 3.05) is 13.2 Å². The van der Waals surface area contributed by atoms with Crippen LogP contribution in [0.25, 0.3) is 0 Å². The molecule has 5 rings (SSSR count). The number of allylic oxidation sites excluding steroid dienone is 1. The summed E-state index contributed by atoms with van der Waals surface area (Å²) in [7, 11) is 0. The van der Waals surface area contributed by atoms with Gasteiger partial charge in [0.05, 0.1) is 25.4 Å². The van der Waals surface area contributed by atoms with Gasteiger partial charge in [0.1, 0.15) is 24.4 Å². The van der Waals surface area contributed by atoms with E-state index in [1.165, 1.54) is 19.4 Å². The number of fused-ring (bicyclic) bond motifs is 5. The minimum atomic E-state index is -1.36. The SMILES string of the molecule is CC(=O)N[C@H]1[C@H](O[C@H]2C[C@H]([C@H](C)CCC[C@@H](C)COC(C)=O)[C@@]3(C)CCC4[C@@H](CC=C5C[C@@H](O)CC[C@@]54C)C23)O[C@H](CO)[C@@H](O)[C@@H]1O. The Labute approximate surface area is 281 Å². The Balaban J connectivity index is 1.41. The molecule has 10 nitrogen and oxygen atoms in total. The first kappa shape index (κ1) is 36.7. The summed E-state index contributed by atoms with van der Waals surface area (Å²) in [6.07, 6.45) is 6.86. The van der Waals surface area contributed by atoms with Gasteiger partial charge in [-0.1, -0.05) is 52.2 Å². The Bertz CT molecular complexity index is 1150. The molecule has 5 aliphatic rings. The summed E-state index contributed by atoms with van der Waals surface area (Å²) >= 11 is 0. The molecular formula is C37H61NO9. The molecule has 0 aromatic carbocycles. The van der Waals surface area contributed by atoms with Crippen molar-refractivity contribution in [2.45, 2.75) is 149 Å². The Morgan fingerprint density at radius 3 is 2.51 bits per heavy atom. The van der Waals surface area contributed by atoms with Crippen molar-refractivity contribution >= 4 is 11.9 Å². The Kier molecular flexibility index (Phi) is 11.5. The van der Waals surface area contributed by atoms with Crippen LogP contribution < -0.4 is 5.32 Å². The topological polar surface area (TPSA) is 155 Å². The summed E-state index contributed by atoms with van der Waals surface area (Å²) in [6.45, 7) is 12.1. The predicted octanol–water partition coefficient (Wildman–Crippen LogP) is 3.87. The van der Waals surface area contributed by atoms with E-state index < -0.39 is 37.3 Å². The lowest BCUT2D eigenvalue weighted by Crippen LogP contribution is -2.65. The number of amides is 1. The number of nitrogens with one attached hydrogen (secondary N) is 1. The third kappa shape index (κ3) is 7.34. The third-order valence-electron chi connectivity index (χ3n) is 13.3. The van der Waals surface area contributed by atoms with Crippen molar-refractivity contribution in [2.24, 2.45) is 46.3 Å². The van der Waals surface area contributed by atoms with Gasteiger partial charge in [0.2, 0.25) is 5.91 Å². The second-order valence-corrected chi connectivity index (χ2v) is 16.4. The number of aliphatic hydroxyl groups excluding tert-OH is 4. The average molecular weight is 664 g/mol. The molecule has 0 aromatic rings. The lowest BCUT2D eigenvalue weighted by molar-refractivity contribution is -0.289. The number of carbonyl (C=O) groups is 2. The van der Waals surface area contributed by atoms with Gasteiger partial charge in [-0.2, -0.15) is 0 Å². The lowest BCUT2D eigenvalue weighted by atomic mass is 9.46. The Morgan fingerprint density at radius 1 is 1.09 bits per heavy atom. The molecule has 15 atom stereocenters. The fourth-order valence-corrected chi connectivity index (χ4v) is 10.8. The van der Waals surface area contributed by atoms with E-state index in [1.807, 2.05) is 0 Å². The molecule has 1 heterocycles. The van der Waals surface area contributed by atoms with Crippen LogP contribution in [0.3, 0.4) is 0 Å². The van der Waals surface area contributed by atoms with E-state index in [0.717, 1.165) is 64.2 Å². The maximum absolute atomic E-state index is 12.2. The molecule has 5 N–H and O–H groups in total. The molecule has 1 saturated heterocycles. The van der Waals surface area contributed by atoms with Gasteiger partial charge in [-0.3, -0.25) is 9.59 Å². The van der Waals surface area contributed by atoms with Crippen LogP contribution >= 0.6 is 0 Å². The van der Waals surface area contributed by atoms with E-state index in [4.69, 9.17) is 14.2 Å². The predicted molar refractivity (Wildman–Crippen MR) is 176 cm³/mol. The first-order valence-corrected chi connectivity index (χ1v) is 18.3. The molecule has 1 amide bonds. The highest BCUT2D eigenvalue weighted by Gasteiger charge is 2.63. The fraction of sp³-hybridized carbons (Fsp3) is 0.892. The van der Waals surface area contributed by atoms with Crippen LogP contribution in [0.1, 0.15) is 106 Å². The highest BCUT2D eigenvalue weighted by molar-refractivity contribution is 5.73. The van der Waals surface area contributed by atoms with Crippen LogP contribution in [0.2, 0.25) is 0 Å². The van der Waals surface area contributed by atoms with Gasteiger partial charge in [0.25, 0.3) is 0 Å². The maximum Gasteiger partial charge on any atom is 0.302 e. The quantitative estimate of drug-likeness (QED) is 0.164. The molecule has 0 bridgehead atoms. The zero-order valence-electron chi connectivity index (χ0n) is 29.4. The van der Waals surface area contributed by atoms with Crippen molar-refractivity contribution in [3.05, 3.63) is 11.6 Å². The van der Waals surface area contributed by atoms with Crippen LogP contribution in [0.15, 0.2) is 11.6 Å². The Hall–Kier alpha value is -1.56. The molecule has 268 valence electrons. The van der Waals surface area contributed by atoms with Crippen molar-refractivity contribution in [3.8, 4) is 0 Å². The van der Waals surface area contributed by atoms with Crippen molar-refractivity contribution < 1.29 is 44.2 Å². The summed E-state index contributed by atoms with van der Waals surface area (Å²) in [5.41, 5.74) is 1.48. The fourth-order valence-electron chi connectivity index (χ4n) is 10.8. The molecule has 0 spiro atoms. The largest absolute Gasteiger partial charge is 0.466 e. The number of hydrogen-bond acceptors (Lipinski definition) is 9. The number of ether oxygens (including phenoxy) is 3. The number of aliphatic hydroxyl groups is 4. The summed E-state index contributed by atoms with van der Waals surface area (Å²) in [5.74, 6) is 1.60. The summed E-state index contributed by atoms with van der Waals surface area (Å²) < 4.78 is 18.3. The zero-order chi connectivity index (χ0) is 34.3. The van der Waals surface area contributed by atoms with E-state index in [0.29, 0.717) is 36.2 Å². The van der Waals surface area contributed by atoms with Crippen molar-refractivity contribution in [1.29, 1.82) is 0 Å². The molecule has 2 unspecified atom stereocenters. The zero-order valence-corrected chi connectivity index (χ0v) is 29.4. The molecule has 1 aliphatic heterocycles. The van der Waals surface area contributed by atoms with Gasteiger partial charge in [0, 0.05) is 13.8 Å². The van der Waals surface area contributed by atoms with E-state index in [1.54, 1.807) is 0 Å². The number of hydrogen-bond donors (Lipinski definition) is 5. The molecule has 4 fully saturated rings. The van der Waals surface area contributed by atoms with Crippen molar-refractivity contribution in [1.82, 2.24) is 5.32 Å². The number of esters is 1. The normalized spacial score (nSPS) is 44.3. The second-order valence-electron chi connectivity index (χ2n) is 16.4. The molecule has 0 radical (unpaired) electrons. The highest BCUT2D eigenvalue weighted by Crippen LogP contribution is 2.68. The molecule has 3 saturated carbocycles. The summed E-state index contributed by atoms with van der Waals surface area (Å²) in [6, 6.07) is -0.971. The summed E-state index contributed by atoms with van der Waals surface area (Å²) in [5, 5.41) is 44.9. The minimum Gasteiger partial charge on any atom is -0.466 e. The molecule has 47 heavy (non-hydrogen) atoms. The van der Waals surface area contributed by atoms with Crippen LogP contribution in [-0.4, -0.2) is 88.4 Å². The molecule has 0 aromatic heterocycles. The van der Waals surface area contributed by atoms with Gasteiger partial charge < -0.3 is 40.0 Å². The Morgan fingerprint density at radius 2 is 1.83 bits per heavy atom.